The summed E-state index contributed by atoms with van der Waals surface area (Å²) in [4.78, 5) is 34.7. The summed E-state index contributed by atoms with van der Waals surface area (Å²) in [7, 11) is 0. The van der Waals surface area contributed by atoms with E-state index in [1.807, 2.05) is 66.9 Å². The van der Waals surface area contributed by atoms with Crippen LogP contribution < -0.4 is 10.6 Å². The number of hydrogen-bond acceptors (Lipinski definition) is 7. The van der Waals surface area contributed by atoms with Crippen LogP contribution >= 0.6 is 0 Å². The minimum Gasteiger partial charge on any atom is -0.481 e. The predicted molar refractivity (Wildman–Crippen MR) is 183 cm³/mol. The molecule has 48 heavy (non-hydrogen) atoms. The van der Waals surface area contributed by atoms with Crippen molar-refractivity contribution in [1.82, 2.24) is 14.5 Å². The number of nitrogens with one attached hydrogen (secondary N) is 2. The van der Waals surface area contributed by atoms with Crippen molar-refractivity contribution in [2.75, 3.05) is 10.6 Å². The summed E-state index contributed by atoms with van der Waals surface area (Å²) in [5.74, 6) is -1.86. The molecule has 2 heterocycles. The number of carboxylic acid groups (broad SMARTS) is 1. The minimum atomic E-state index is -1.22. The number of carboxylic acids is 1. The Morgan fingerprint density at radius 1 is 0.875 bits per heavy atom. The Labute approximate surface area is 278 Å². The van der Waals surface area contributed by atoms with E-state index in [-0.39, 0.29) is 31.2 Å². The van der Waals surface area contributed by atoms with Crippen LogP contribution in [0.2, 0.25) is 0 Å². The molecule has 0 unspecified atom stereocenters. The van der Waals surface area contributed by atoms with Crippen molar-refractivity contribution in [2.24, 2.45) is 0 Å². The van der Waals surface area contributed by atoms with Crippen LogP contribution in [0.1, 0.15) is 55.1 Å². The molecule has 11 heteroatoms. The predicted octanol–water partition coefficient (Wildman–Crippen LogP) is 6.85. The number of carbonyl (C=O) groups is 2. The number of aliphatic hydroxyl groups excluding tert-OH is 2. The molecule has 10 nitrogen and oxygen atoms in total. The van der Waals surface area contributed by atoms with Gasteiger partial charge in [0.2, 0.25) is 5.95 Å². The largest absolute Gasteiger partial charge is 0.481 e. The van der Waals surface area contributed by atoms with Crippen LogP contribution in [0.4, 0.5) is 21.7 Å². The van der Waals surface area contributed by atoms with Gasteiger partial charge in [-0.1, -0.05) is 50.2 Å². The minimum absolute atomic E-state index is 0.134. The lowest BCUT2D eigenvalue weighted by atomic mass is 9.97. The molecule has 0 aliphatic heterocycles. The Kier molecular flexibility index (Phi) is 10.9. The fraction of sp³-hybridized carbons (Fsp3) is 0.243. The van der Waals surface area contributed by atoms with Gasteiger partial charge in [-0.2, -0.15) is 0 Å². The zero-order valence-corrected chi connectivity index (χ0v) is 26.7. The van der Waals surface area contributed by atoms with Crippen LogP contribution in [0.25, 0.3) is 22.5 Å². The van der Waals surface area contributed by atoms with Gasteiger partial charge >= 0.3 is 5.97 Å². The smallest absolute Gasteiger partial charge is 0.305 e. The van der Waals surface area contributed by atoms with Gasteiger partial charge in [0, 0.05) is 35.4 Å². The molecule has 0 saturated heterocycles. The van der Waals surface area contributed by atoms with Crippen LogP contribution in [0, 0.1) is 5.82 Å². The Balaban J connectivity index is 1.70. The topological polar surface area (TPSA) is 150 Å². The zero-order valence-electron chi connectivity index (χ0n) is 26.7. The van der Waals surface area contributed by atoms with E-state index in [9.17, 15) is 24.2 Å². The van der Waals surface area contributed by atoms with E-state index in [1.165, 1.54) is 12.1 Å². The molecule has 0 spiro atoms. The molecule has 5 aromatic rings. The van der Waals surface area contributed by atoms with E-state index in [0.29, 0.717) is 45.4 Å². The van der Waals surface area contributed by atoms with Crippen molar-refractivity contribution in [3.8, 4) is 22.5 Å². The van der Waals surface area contributed by atoms with Crippen LogP contribution in [0.3, 0.4) is 0 Å². The molecule has 0 radical (unpaired) electrons. The van der Waals surface area contributed by atoms with Crippen molar-refractivity contribution in [3.63, 3.8) is 0 Å². The Hall–Kier alpha value is -5.39. The van der Waals surface area contributed by atoms with Crippen LogP contribution in [0.15, 0.2) is 97.2 Å². The van der Waals surface area contributed by atoms with Crippen molar-refractivity contribution in [2.45, 2.75) is 57.8 Å². The average Bonchev–Trinajstić information content (AvgIpc) is 3.40. The second-order valence-corrected chi connectivity index (χ2v) is 11.8. The van der Waals surface area contributed by atoms with Crippen molar-refractivity contribution in [3.05, 3.63) is 114 Å². The summed E-state index contributed by atoms with van der Waals surface area (Å²) < 4.78 is 16.2. The lowest BCUT2D eigenvalue weighted by Crippen LogP contribution is -2.22. The van der Waals surface area contributed by atoms with Crippen molar-refractivity contribution in [1.29, 1.82) is 0 Å². The maximum absolute atomic E-state index is 14.4. The number of nitrogens with zero attached hydrogens (tertiary/aromatic N) is 3. The molecule has 2 aromatic heterocycles. The number of carbonyl (C=O) groups excluding carboxylic acids is 1. The molecule has 0 aliphatic rings. The highest BCUT2D eigenvalue weighted by Crippen LogP contribution is 2.42. The quantitative estimate of drug-likeness (QED) is 0.0876. The summed E-state index contributed by atoms with van der Waals surface area (Å²) >= 11 is 0. The van der Waals surface area contributed by atoms with Gasteiger partial charge in [0.15, 0.2) is 0 Å². The van der Waals surface area contributed by atoms with E-state index in [0.717, 1.165) is 5.69 Å². The van der Waals surface area contributed by atoms with Gasteiger partial charge in [0.05, 0.1) is 35.6 Å². The van der Waals surface area contributed by atoms with Crippen LogP contribution in [0.5, 0.6) is 0 Å². The van der Waals surface area contributed by atoms with E-state index in [1.54, 1.807) is 36.5 Å². The fourth-order valence-corrected chi connectivity index (χ4v) is 5.78. The first-order chi connectivity index (χ1) is 23.1. The maximum Gasteiger partial charge on any atom is 0.305 e. The van der Waals surface area contributed by atoms with Crippen molar-refractivity contribution < 1.29 is 29.3 Å². The normalized spacial score (nSPS) is 12.5. The highest BCUT2D eigenvalue weighted by molar-refractivity contribution is 6.12. The first-order valence-corrected chi connectivity index (χ1v) is 15.7. The highest BCUT2D eigenvalue weighted by atomic mass is 19.1. The van der Waals surface area contributed by atoms with E-state index in [2.05, 4.69) is 15.6 Å². The van der Waals surface area contributed by atoms with Crippen LogP contribution in [-0.2, 0) is 11.3 Å². The summed E-state index contributed by atoms with van der Waals surface area (Å²) in [6.07, 6.45) is -1.13. The number of aromatic nitrogens is 3. The third kappa shape index (κ3) is 8.30. The highest BCUT2D eigenvalue weighted by Gasteiger charge is 2.32. The first-order valence-electron chi connectivity index (χ1n) is 15.7. The Morgan fingerprint density at radius 2 is 1.52 bits per heavy atom. The van der Waals surface area contributed by atoms with Gasteiger partial charge in [-0.05, 0) is 78.9 Å². The van der Waals surface area contributed by atoms with Crippen LogP contribution in [-0.4, -0.2) is 53.9 Å². The molecule has 0 bridgehead atoms. The van der Waals surface area contributed by atoms with Crippen molar-refractivity contribution >= 4 is 29.2 Å². The second-order valence-electron chi connectivity index (χ2n) is 11.8. The molecular weight excluding hydrogens is 613 g/mol. The standard InChI is InChI=1S/C37H38FN5O5/c1-23(2)34-33(36(48)40-26-9-5-3-6-10-26)32(30-17-19-39-37(42-30)41-27-11-7-4-8-12-27)35(24-13-15-25(38)16-14-24)43(34)20-18-28(44)21-29(45)22-31(46)47/h3-17,19,23,28-29,44-45H,18,20-22H2,1-2H3,(H,40,48)(H,46,47)(H,39,41,42)/t28-,29-/m1/s1. The molecule has 3 aromatic carbocycles. The van der Waals surface area contributed by atoms with Gasteiger partial charge in [0.1, 0.15) is 5.82 Å². The second kappa shape index (κ2) is 15.5. The SMILES string of the molecule is CC(C)c1c(C(=O)Nc2ccccc2)c(-c2ccnc(Nc3ccccc3)n2)c(-c2ccc(F)cc2)n1CC[C@@H](O)C[C@@H](O)CC(=O)O. The molecule has 0 aliphatic carbocycles. The van der Waals surface area contributed by atoms with E-state index in [4.69, 9.17) is 10.1 Å². The number of aliphatic carboxylic acids is 1. The molecule has 0 fully saturated rings. The lowest BCUT2D eigenvalue weighted by Gasteiger charge is -2.20. The summed E-state index contributed by atoms with van der Waals surface area (Å²) in [6, 6.07) is 26.1. The number of para-hydroxylation sites is 2. The van der Waals surface area contributed by atoms with E-state index >= 15 is 0 Å². The first kappa shape index (κ1) is 34.0. The summed E-state index contributed by atoms with van der Waals surface area (Å²) in [6.45, 7) is 4.12. The number of benzene rings is 3. The number of aliphatic hydroxyl groups is 2. The third-order valence-corrected chi connectivity index (χ3v) is 7.81. The summed E-state index contributed by atoms with van der Waals surface area (Å²) in [5.41, 5.74) is 4.52. The zero-order chi connectivity index (χ0) is 34.2. The van der Waals surface area contributed by atoms with E-state index < -0.39 is 30.4 Å². The number of amides is 1. The summed E-state index contributed by atoms with van der Waals surface area (Å²) in [5, 5.41) is 36.3. The number of rotatable bonds is 14. The Morgan fingerprint density at radius 3 is 2.15 bits per heavy atom. The Bertz CT molecular complexity index is 1850. The van der Waals surface area contributed by atoms with Gasteiger partial charge in [-0.3, -0.25) is 9.59 Å². The molecular formula is C37H38FN5O5. The van der Waals surface area contributed by atoms with Gasteiger partial charge in [-0.25, -0.2) is 14.4 Å². The van der Waals surface area contributed by atoms with Gasteiger partial charge in [-0.15, -0.1) is 0 Å². The number of anilines is 3. The number of halogens is 1. The maximum atomic E-state index is 14.4. The molecule has 5 N–H and O–H groups in total. The molecule has 5 rings (SSSR count). The molecule has 2 atom stereocenters. The fourth-order valence-electron chi connectivity index (χ4n) is 5.78. The van der Waals surface area contributed by atoms with Gasteiger partial charge in [0.25, 0.3) is 5.91 Å². The lowest BCUT2D eigenvalue weighted by molar-refractivity contribution is -0.139. The monoisotopic (exact) mass is 651 g/mol. The molecule has 248 valence electrons. The molecule has 1 amide bonds. The van der Waals surface area contributed by atoms with Gasteiger partial charge < -0.3 is 30.5 Å². The molecule has 0 saturated carbocycles. The third-order valence-electron chi connectivity index (χ3n) is 7.81. The number of hydrogen-bond donors (Lipinski definition) is 5. The average molecular weight is 652 g/mol.